The molecule has 1 N–H and O–H groups in total. The van der Waals surface area contributed by atoms with Crippen LogP contribution in [0.25, 0.3) is 11.8 Å². The van der Waals surface area contributed by atoms with Gasteiger partial charge in [0.25, 0.3) is 17.5 Å². The Hall–Kier alpha value is -6.18. The number of anilines is 1. The lowest BCUT2D eigenvalue weighted by molar-refractivity contribution is -0.394. The number of nitrogens with one attached hydrogen (secondary N) is 1. The summed E-state index contributed by atoms with van der Waals surface area (Å²) in [6, 6.07) is 15.0. The Morgan fingerprint density at radius 1 is 0.860 bits per heavy atom. The zero-order chi connectivity index (χ0) is 31.0. The molecule has 0 radical (unpaired) electrons. The molecule has 1 saturated heterocycles. The molecule has 4 aromatic rings. The second-order valence-electron chi connectivity index (χ2n) is 9.36. The number of urea groups is 1. The second-order valence-corrected chi connectivity index (χ2v) is 9.36. The molecule has 0 atom stereocenters. The highest BCUT2D eigenvalue weighted by molar-refractivity contribution is 6.39. The Balaban J connectivity index is 1.43. The van der Waals surface area contributed by atoms with Gasteiger partial charge in [-0.3, -0.25) is 35.1 Å². The molecular formula is C29H20FN5O8. The summed E-state index contributed by atoms with van der Waals surface area (Å²) in [5, 5.41) is 24.5. The van der Waals surface area contributed by atoms with Crippen LogP contribution in [0.1, 0.15) is 17.0 Å². The number of nitrogens with zero attached hydrogens (tertiary/aromatic N) is 4. The molecule has 0 unspecified atom stereocenters. The fraction of sp³-hybridized carbons (Fsp3) is 0.0690. The van der Waals surface area contributed by atoms with Crippen molar-refractivity contribution in [2.75, 3.05) is 4.90 Å². The molecular weight excluding hydrogens is 565 g/mol. The van der Waals surface area contributed by atoms with E-state index in [1.54, 1.807) is 44.2 Å². The van der Waals surface area contributed by atoms with E-state index in [-0.39, 0.29) is 22.8 Å². The number of nitro benzene ring substituents is 2. The molecule has 1 fully saturated rings. The van der Waals surface area contributed by atoms with Crippen molar-refractivity contribution in [1.29, 1.82) is 0 Å². The van der Waals surface area contributed by atoms with Crippen LogP contribution in [0, 0.1) is 39.9 Å². The number of non-ortho nitro benzene ring substituents is 1. The van der Waals surface area contributed by atoms with Gasteiger partial charge in [0.15, 0.2) is 0 Å². The number of rotatable bonds is 7. The first kappa shape index (κ1) is 28.4. The fourth-order valence-electron chi connectivity index (χ4n) is 4.61. The third-order valence-electron chi connectivity index (χ3n) is 6.63. The number of imide groups is 2. The molecule has 13 nitrogen and oxygen atoms in total. The van der Waals surface area contributed by atoms with Crippen molar-refractivity contribution >= 4 is 41.0 Å². The van der Waals surface area contributed by atoms with Crippen molar-refractivity contribution in [2.24, 2.45) is 0 Å². The minimum absolute atomic E-state index is 0.0918. The molecule has 1 aliphatic rings. The van der Waals surface area contributed by atoms with E-state index in [9.17, 15) is 39.0 Å². The van der Waals surface area contributed by atoms with Gasteiger partial charge in [-0.2, -0.15) is 0 Å². The monoisotopic (exact) mass is 585 g/mol. The molecule has 1 aromatic heterocycles. The number of benzene rings is 3. The third-order valence-corrected chi connectivity index (χ3v) is 6.63. The first-order chi connectivity index (χ1) is 20.4. The van der Waals surface area contributed by atoms with Crippen LogP contribution in [0.15, 0.2) is 78.4 Å². The lowest BCUT2D eigenvalue weighted by Gasteiger charge is -2.26. The van der Waals surface area contributed by atoms with E-state index < -0.39 is 44.9 Å². The molecule has 4 amide bonds. The summed E-state index contributed by atoms with van der Waals surface area (Å²) in [4.78, 5) is 59.9. The number of carbonyl (C=O) groups is 3. The molecule has 0 saturated carbocycles. The lowest BCUT2D eigenvalue weighted by atomic mass is 10.1. The van der Waals surface area contributed by atoms with E-state index in [1.165, 1.54) is 18.2 Å². The molecule has 5 rings (SSSR count). The number of barbiturate groups is 1. The third kappa shape index (κ3) is 5.44. The first-order valence-electron chi connectivity index (χ1n) is 12.5. The van der Waals surface area contributed by atoms with E-state index >= 15 is 0 Å². The van der Waals surface area contributed by atoms with Gasteiger partial charge in [-0.1, -0.05) is 0 Å². The number of nitro groups is 2. The van der Waals surface area contributed by atoms with Crippen molar-refractivity contribution in [1.82, 2.24) is 9.88 Å². The van der Waals surface area contributed by atoms with E-state index in [4.69, 9.17) is 4.74 Å². The molecule has 1 aliphatic heterocycles. The van der Waals surface area contributed by atoms with Crippen LogP contribution in [-0.4, -0.2) is 32.3 Å². The van der Waals surface area contributed by atoms with Gasteiger partial charge in [0, 0.05) is 23.1 Å². The molecule has 2 heterocycles. The smallest absolute Gasteiger partial charge is 0.335 e. The van der Waals surface area contributed by atoms with E-state index in [0.29, 0.717) is 16.9 Å². The first-order valence-corrected chi connectivity index (χ1v) is 12.5. The minimum atomic E-state index is -0.953. The molecule has 0 aliphatic carbocycles. The Morgan fingerprint density at radius 3 is 2.14 bits per heavy atom. The van der Waals surface area contributed by atoms with Gasteiger partial charge in [0.1, 0.15) is 17.1 Å². The fourth-order valence-corrected chi connectivity index (χ4v) is 4.61. The van der Waals surface area contributed by atoms with Crippen LogP contribution in [0.4, 0.5) is 26.2 Å². The molecule has 43 heavy (non-hydrogen) atoms. The van der Waals surface area contributed by atoms with Crippen molar-refractivity contribution in [3.05, 3.63) is 121 Å². The van der Waals surface area contributed by atoms with Crippen molar-refractivity contribution in [3.8, 4) is 17.2 Å². The number of amides is 4. The standard InChI is InChI=1S/C29H20FN5O8/c1-16-13-18(14-24-27(36)31-29(38)33(28(24)37)21-5-3-19(30)4-6-21)17(2)32(16)20-7-10-23(11-8-20)43-26-12-9-22(34(39)40)15-25(26)35(41)42/h3-15H,1-2H3,(H,31,36,38)/b24-14+. The van der Waals surface area contributed by atoms with Crippen molar-refractivity contribution < 1.29 is 33.4 Å². The summed E-state index contributed by atoms with van der Waals surface area (Å²) < 4.78 is 20.8. The summed E-state index contributed by atoms with van der Waals surface area (Å²) >= 11 is 0. The number of ether oxygens (including phenoxy) is 1. The quantitative estimate of drug-likeness (QED) is 0.128. The number of hydrogen-bond acceptors (Lipinski definition) is 8. The summed E-state index contributed by atoms with van der Waals surface area (Å²) in [6.45, 7) is 3.56. The van der Waals surface area contributed by atoms with Gasteiger partial charge in [-0.05, 0) is 86.2 Å². The summed E-state index contributed by atoms with van der Waals surface area (Å²) in [6.07, 6.45) is 1.37. The predicted molar refractivity (Wildman–Crippen MR) is 150 cm³/mol. The number of aromatic nitrogens is 1. The predicted octanol–water partition coefficient (Wildman–Crippen LogP) is 5.51. The van der Waals surface area contributed by atoms with Gasteiger partial charge >= 0.3 is 11.7 Å². The maximum atomic E-state index is 13.4. The number of hydrogen-bond donors (Lipinski definition) is 1. The normalized spacial score (nSPS) is 14.2. The number of aryl methyl sites for hydroxylation is 1. The van der Waals surface area contributed by atoms with Gasteiger partial charge in [0.2, 0.25) is 5.75 Å². The van der Waals surface area contributed by atoms with Crippen LogP contribution in [0.3, 0.4) is 0 Å². The van der Waals surface area contributed by atoms with E-state index in [1.807, 2.05) is 4.57 Å². The lowest BCUT2D eigenvalue weighted by Crippen LogP contribution is -2.54. The Morgan fingerprint density at radius 2 is 1.51 bits per heavy atom. The second kappa shape index (κ2) is 11.0. The molecule has 14 heteroatoms. The highest BCUT2D eigenvalue weighted by Crippen LogP contribution is 2.35. The van der Waals surface area contributed by atoms with Crippen LogP contribution in [0.2, 0.25) is 0 Å². The van der Waals surface area contributed by atoms with Crippen LogP contribution < -0.4 is 15.0 Å². The van der Waals surface area contributed by atoms with Gasteiger partial charge in [-0.15, -0.1) is 0 Å². The highest BCUT2D eigenvalue weighted by Gasteiger charge is 2.37. The summed E-state index contributed by atoms with van der Waals surface area (Å²) in [5.41, 5.74) is 1.36. The SMILES string of the molecule is Cc1cc(/C=C2\C(=O)NC(=O)N(c3ccc(F)cc3)C2=O)c(C)n1-c1ccc(Oc2ccc([N+](=O)[O-])cc2[N+](=O)[O-])cc1. The minimum Gasteiger partial charge on any atom is -0.450 e. The van der Waals surface area contributed by atoms with E-state index in [0.717, 1.165) is 40.9 Å². The highest BCUT2D eigenvalue weighted by atomic mass is 19.1. The topological polar surface area (TPSA) is 167 Å². The summed E-state index contributed by atoms with van der Waals surface area (Å²) in [5.74, 6) is -2.23. The van der Waals surface area contributed by atoms with Gasteiger partial charge in [0.05, 0.1) is 21.6 Å². The Bertz CT molecular complexity index is 1860. The van der Waals surface area contributed by atoms with Crippen LogP contribution in [0.5, 0.6) is 11.5 Å². The zero-order valence-corrected chi connectivity index (χ0v) is 22.4. The van der Waals surface area contributed by atoms with Gasteiger partial charge in [-0.25, -0.2) is 14.1 Å². The van der Waals surface area contributed by atoms with Crippen molar-refractivity contribution in [2.45, 2.75) is 13.8 Å². The molecule has 0 bridgehead atoms. The molecule has 216 valence electrons. The average molecular weight is 586 g/mol. The largest absolute Gasteiger partial charge is 0.450 e. The van der Waals surface area contributed by atoms with Gasteiger partial charge < -0.3 is 9.30 Å². The Labute approximate surface area is 241 Å². The summed E-state index contributed by atoms with van der Waals surface area (Å²) in [7, 11) is 0. The average Bonchev–Trinajstić information content (AvgIpc) is 3.24. The zero-order valence-electron chi connectivity index (χ0n) is 22.4. The number of halogens is 1. The Kier molecular flexibility index (Phi) is 7.26. The molecule has 3 aromatic carbocycles. The molecule has 0 spiro atoms. The maximum Gasteiger partial charge on any atom is 0.335 e. The van der Waals surface area contributed by atoms with Crippen LogP contribution >= 0.6 is 0 Å². The number of carbonyl (C=O) groups excluding carboxylic acids is 3. The maximum absolute atomic E-state index is 13.4. The van der Waals surface area contributed by atoms with Crippen molar-refractivity contribution in [3.63, 3.8) is 0 Å². The van der Waals surface area contributed by atoms with E-state index in [2.05, 4.69) is 5.32 Å². The van der Waals surface area contributed by atoms with Crippen LogP contribution in [-0.2, 0) is 9.59 Å².